The molecule has 0 spiro atoms. The van der Waals surface area contributed by atoms with Crippen LogP contribution in [-0.4, -0.2) is 12.0 Å². The van der Waals surface area contributed by atoms with E-state index in [1.165, 1.54) is 0 Å². The fourth-order valence-corrected chi connectivity index (χ4v) is 0. The zero-order valence-corrected chi connectivity index (χ0v) is 10.6. The van der Waals surface area contributed by atoms with E-state index in [4.69, 9.17) is 0 Å². The van der Waals surface area contributed by atoms with E-state index >= 15 is 0 Å². The Hall–Kier alpha value is 1.07. The van der Waals surface area contributed by atoms with Crippen LogP contribution >= 0.6 is 0 Å². The molecule has 13 heavy (non-hydrogen) atoms. The summed E-state index contributed by atoms with van der Waals surface area (Å²) in [6.07, 6.45) is -4.53. The SMILES string of the molecule is NC(=[NH2+])C(F)(F)F.[Cl-].[Cl-].[Cl-].[Cl-].[Mo].[O-2]. The van der Waals surface area contributed by atoms with Crippen molar-refractivity contribution < 1.29 is 94.8 Å². The first-order valence-corrected chi connectivity index (χ1v) is 1.39. The van der Waals surface area contributed by atoms with Crippen LogP contribution in [0.5, 0.6) is 0 Å². The van der Waals surface area contributed by atoms with Gasteiger partial charge in [0.15, 0.2) is 0 Å². The molecule has 11 heteroatoms. The van der Waals surface area contributed by atoms with E-state index in [1.54, 1.807) is 0 Å². The number of amidine groups is 1. The maximum Gasteiger partial charge on any atom is 0.493 e. The molecule has 0 aromatic rings. The van der Waals surface area contributed by atoms with Crippen LogP contribution in [0.25, 0.3) is 0 Å². The molecule has 0 aromatic carbocycles. The van der Waals surface area contributed by atoms with Gasteiger partial charge in [0, 0.05) is 21.1 Å². The number of hydrogen-bond acceptors (Lipinski definition) is 0. The molecule has 0 aliphatic rings. The van der Waals surface area contributed by atoms with Gasteiger partial charge in [0.2, 0.25) is 0 Å². The first-order valence-electron chi connectivity index (χ1n) is 1.39. The average Bonchev–Trinajstić information content (AvgIpc) is 1.31. The molecular formula is C2H4Cl4F3MoN2O-5. The minimum absolute atomic E-state index is 0. The summed E-state index contributed by atoms with van der Waals surface area (Å²) in [7, 11) is 0. The molecule has 0 saturated heterocycles. The van der Waals surface area contributed by atoms with Gasteiger partial charge in [0.05, 0.1) is 0 Å². The van der Waals surface area contributed by atoms with Crippen LogP contribution in [0.1, 0.15) is 0 Å². The molecule has 3 nitrogen and oxygen atoms in total. The molecule has 4 N–H and O–H groups in total. The summed E-state index contributed by atoms with van der Waals surface area (Å²) in [5.41, 5.74) is 4.14. The Bertz CT molecular complexity index is 104. The van der Waals surface area contributed by atoms with Gasteiger partial charge >= 0.3 is 12.0 Å². The van der Waals surface area contributed by atoms with Crippen LogP contribution in [0.15, 0.2) is 0 Å². The second-order valence-corrected chi connectivity index (χ2v) is 0.953. The maximum atomic E-state index is 10.9. The van der Waals surface area contributed by atoms with Crippen LogP contribution in [0.4, 0.5) is 13.2 Å². The van der Waals surface area contributed by atoms with Crippen molar-refractivity contribution in [1.29, 1.82) is 0 Å². The summed E-state index contributed by atoms with van der Waals surface area (Å²) in [6.45, 7) is 0. The van der Waals surface area contributed by atoms with Crippen molar-refractivity contribution in [2.45, 2.75) is 6.18 Å². The predicted molar refractivity (Wildman–Crippen MR) is 17.9 cm³/mol. The standard InChI is InChI=1S/C2H3F3N2.4ClH.Mo.O/c3-2(4,5)1(6)7;;;;;;/h(H3,6,7);4*1H;;/q;;;;;;-2/p-3. The third kappa shape index (κ3) is 32.0. The van der Waals surface area contributed by atoms with E-state index in [0.29, 0.717) is 0 Å². The molecule has 0 aliphatic carbocycles. The summed E-state index contributed by atoms with van der Waals surface area (Å²) in [5, 5.41) is 4.14. The number of alkyl halides is 3. The van der Waals surface area contributed by atoms with Crippen molar-refractivity contribution in [3.8, 4) is 0 Å². The quantitative estimate of drug-likeness (QED) is 0.249. The maximum absolute atomic E-state index is 10.9. The average molecular weight is 367 g/mol. The van der Waals surface area contributed by atoms with E-state index in [1.807, 2.05) is 0 Å². The van der Waals surface area contributed by atoms with Crippen molar-refractivity contribution in [2.24, 2.45) is 5.73 Å². The molecule has 0 aliphatic heterocycles. The number of rotatable bonds is 0. The smallest absolute Gasteiger partial charge is 0.493 e. The Balaban J connectivity index is -0.0000000120. The topological polar surface area (TPSA) is 80.1 Å². The molecule has 0 unspecified atom stereocenters. The summed E-state index contributed by atoms with van der Waals surface area (Å²) < 4.78 is 32.7. The number of hydrogen-bond donors (Lipinski definition) is 2. The Morgan fingerprint density at radius 1 is 1.00 bits per heavy atom. The van der Waals surface area contributed by atoms with Gasteiger partial charge in [0.1, 0.15) is 0 Å². The predicted octanol–water partition coefficient (Wildman–Crippen LogP) is -13.4. The first-order chi connectivity index (χ1) is 2.94. The fraction of sp³-hybridized carbons (Fsp3) is 0.500. The van der Waals surface area contributed by atoms with E-state index in [2.05, 4.69) is 11.1 Å². The van der Waals surface area contributed by atoms with Crippen LogP contribution in [0, 0.1) is 0 Å². The molecule has 0 atom stereocenters. The Kier molecular flexibility index (Phi) is 69.5. The van der Waals surface area contributed by atoms with Crippen LogP contribution in [0.3, 0.4) is 0 Å². The third-order valence-electron chi connectivity index (χ3n) is 0.327. The number of halogens is 7. The third-order valence-corrected chi connectivity index (χ3v) is 0.327. The van der Waals surface area contributed by atoms with Gasteiger partial charge in [-0.3, -0.25) is 11.1 Å². The molecule has 0 fully saturated rings. The molecule has 0 saturated carbocycles. The van der Waals surface area contributed by atoms with Crippen LogP contribution in [0.2, 0.25) is 0 Å². The minimum atomic E-state index is -4.53. The van der Waals surface area contributed by atoms with Gasteiger partial charge in [-0.1, -0.05) is 0 Å². The Morgan fingerprint density at radius 3 is 1.08 bits per heavy atom. The molecule has 0 bridgehead atoms. The molecular weight excluding hydrogens is 363 g/mol. The summed E-state index contributed by atoms with van der Waals surface area (Å²) in [5.74, 6) is -1.51. The van der Waals surface area contributed by atoms with Gasteiger partial charge in [-0.2, -0.15) is 13.2 Å². The van der Waals surface area contributed by atoms with Crippen molar-refractivity contribution in [2.75, 3.05) is 0 Å². The van der Waals surface area contributed by atoms with E-state index in [-0.39, 0.29) is 76.2 Å². The van der Waals surface area contributed by atoms with Crippen LogP contribution in [-0.2, 0) is 26.5 Å². The number of nitrogens with two attached hydrogens (primary N) is 2. The minimum Gasteiger partial charge on any atom is -2.00 e. The monoisotopic (exact) mass is 367 g/mol. The van der Waals surface area contributed by atoms with Crippen molar-refractivity contribution in [3.63, 3.8) is 0 Å². The molecule has 0 heterocycles. The largest absolute Gasteiger partial charge is 2.00 e. The molecule has 0 aromatic heterocycles. The molecule has 0 amide bonds. The second-order valence-electron chi connectivity index (χ2n) is 0.953. The first kappa shape index (κ1) is 48.1. The van der Waals surface area contributed by atoms with Gasteiger partial charge in [0.25, 0.3) is 0 Å². The van der Waals surface area contributed by atoms with Gasteiger partial charge in [-0.25, -0.2) is 0 Å². The van der Waals surface area contributed by atoms with E-state index < -0.39 is 12.0 Å². The van der Waals surface area contributed by atoms with E-state index in [0.717, 1.165) is 0 Å². The summed E-state index contributed by atoms with van der Waals surface area (Å²) >= 11 is 0. The van der Waals surface area contributed by atoms with E-state index in [9.17, 15) is 13.2 Å². The second kappa shape index (κ2) is 18.8. The molecule has 0 rings (SSSR count). The molecule has 0 radical (unpaired) electrons. The van der Waals surface area contributed by atoms with Gasteiger partial charge < -0.3 is 55.1 Å². The Morgan fingerprint density at radius 2 is 1.08 bits per heavy atom. The van der Waals surface area contributed by atoms with Crippen molar-refractivity contribution >= 4 is 5.84 Å². The molecule has 88 valence electrons. The van der Waals surface area contributed by atoms with Crippen molar-refractivity contribution in [1.82, 2.24) is 0 Å². The van der Waals surface area contributed by atoms with Crippen LogP contribution < -0.4 is 60.8 Å². The van der Waals surface area contributed by atoms with Gasteiger partial charge in [-0.15, -0.1) is 0 Å². The summed E-state index contributed by atoms with van der Waals surface area (Å²) in [6, 6.07) is 0. The van der Waals surface area contributed by atoms with Gasteiger partial charge in [-0.05, 0) is 0 Å². The normalized spacial score (nSPS) is 6.08. The fourth-order valence-electron chi connectivity index (χ4n) is 0. The zero-order chi connectivity index (χ0) is 6.08. The van der Waals surface area contributed by atoms with Crippen molar-refractivity contribution in [3.05, 3.63) is 0 Å². The summed E-state index contributed by atoms with van der Waals surface area (Å²) in [4.78, 5) is 0. The zero-order valence-electron chi connectivity index (χ0n) is 5.62. The Labute approximate surface area is 112 Å².